The first-order valence-electron chi connectivity index (χ1n) is 7.95. The average molecular weight is 336 g/mol. The number of hydrogen-bond acceptors (Lipinski definition) is 6. The Labute approximate surface area is 142 Å². The minimum absolute atomic E-state index is 0.282. The number of benzene rings is 1. The SMILES string of the molecule is COc1ccc(CC[C@H]2OC(C)(C)O[C@H]2C(=O)COC(C)=O)cc1. The Morgan fingerprint density at radius 2 is 1.83 bits per heavy atom. The van der Waals surface area contributed by atoms with Crippen molar-refractivity contribution in [3.63, 3.8) is 0 Å². The number of carbonyl (C=O) groups excluding carboxylic acids is 2. The van der Waals surface area contributed by atoms with Crippen molar-refractivity contribution in [1.29, 1.82) is 0 Å². The number of esters is 1. The van der Waals surface area contributed by atoms with E-state index in [-0.39, 0.29) is 18.5 Å². The van der Waals surface area contributed by atoms with Gasteiger partial charge in [0, 0.05) is 6.92 Å². The van der Waals surface area contributed by atoms with Gasteiger partial charge < -0.3 is 18.9 Å². The van der Waals surface area contributed by atoms with Crippen LogP contribution in [0.15, 0.2) is 24.3 Å². The van der Waals surface area contributed by atoms with Gasteiger partial charge in [0.15, 0.2) is 12.4 Å². The van der Waals surface area contributed by atoms with Gasteiger partial charge in [-0.3, -0.25) is 9.59 Å². The first kappa shape index (κ1) is 18.4. The molecule has 1 aromatic carbocycles. The Balaban J connectivity index is 1.97. The molecule has 0 amide bonds. The Kier molecular flexibility index (Phi) is 5.96. The fourth-order valence-electron chi connectivity index (χ4n) is 2.68. The standard InChI is InChI=1S/C18H24O6/c1-12(19)22-11-15(20)17-16(23-18(2,3)24-17)10-7-13-5-8-14(21-4)9-6-13/h5-6,8-9,16-17H,7,10-11H2,1-4H3/t16-,17+/m1/s1. The van der Waals surface area contributed by atoms with Gasteiger partial charge in [-0.2, -0.15) is 0 Å². The first-order chi connectivity index (χ1) is 11.3. The monoisotopic (exact) mass is 336 g/mol. The lowest BCUT2D eigenvalue weighted by Gasteiger charge is -2.16. The lowest BCUT2D eigenvalue weighted by molar-refractivity contribution is -0.159. The molecule has 2 rings (SSSR count). The van der Waals surface area contributed by atoms with Crippen molar-refractivity contribution in [3.8, 4) is 5.75 Å². The zero-order valence-electron chi connectivity index (χ0n) is 14.5. The summed E-state index contributed by atoms with van der Waals surface area (Å²) in [5.74, 6) is -0.803. The van der Waals surface area contributed by atoms with Crippen LogP contribution in [0.3, 0.4) is 0 Å². The van der Waals surface area contributed by atoms with Crippen molar-refractivity contribution in [2.75, 3.05) is 13.7 Å². The van der Waals surface area contributed by atoms with Crippen molar-refractivity contribution < 1.29 is 28.5 Å². The molecule has 6 heteroatoms. The molecule has 1 saturated heterocycles. The van der Waals surface area contributed by atoms with Crippen molar-refractivity contribution >= 4 is 11.8 Å². The number of carbonyl (C=O) groups is 2. The van der Waals surface area contributed by atoms with Crippen LogP contribution in [0, 0.1) is 0 Å². The fraction of sp³-hybridized carbons (Fsp3) is 0.556. The molecule has 0 saturated carbocycles. The van der Waals surface area contributed by atoms with E-state index in [0.717, 1.165) is 17.7 Å². The van der Waals surface area contributed by atoms with E-state index in [1.165, 1.54) is 6.92 Å². The van der Waals surface area contributed by atoms with Crippen LogP contribution in [0.1, 0.15) is 32.8 Å². The molecular weight excluding hydrogens is 312 g/mol. The molecule has 0 aromatic heterocycles. The van der Waals surface area contributed by atoms with Gasteiger partial charge in [0.2, 0.25) is 5.78 Å². The van der Waals surface area contributed by atoms with Gasteiger partial charge in [0.05, 0.1) is 13.2 Å². The molecule has 1 aliphatic heterocycles. The lowest BCUT2D eigenvalue weighted by atomic mass is 10.0. The van der Waals surface area contributed by atoms with Crippen LogP contribution in [-0.4, -0.2) is 43.5 Å². The normalized spacial score (nSPS) is 22.2. The average Bonchev–Trinajstić information content (AvgIpc) is 2.86. The highest BCUT2D eigenvalue weighted by Crippen LogP contribution is 2.31. The fourth-order valence-corrected chi connectivity index (χ4v) is 2.68. The van der Waals surface area contributed by atoms with E-state index < -0.39 is 17.9 Å². The minimum Gasteiger partial charge on any atom is -0.497 e. The zero-order chi connectivity index (χ0) is 17.7. The number of hydrogen-bond donors (Lipinski definition) is 0. The summed E-state index contributed by atoms with van der Waals surface area (Å²) in [6.07, 6.45) is 0.278. The summed E-state index contributed by atoms with van der Waals surface area (Å²) >= 11 is 0. The van der Waals surface area contributed by atoms with Crippen LogP contribution in [0.25, 0.3) is 0 Å². The van der Waals surface area contributed by atoms with E-state index in [2.05, 4.69) is 0 Å². The second-order valence-electron chi connectivity index (χ2n) is 6.23. The number of rotatable bonds is 7. The molecule has 2 atom stereocenters. The maximum atomic E-state index is 12.2. The van der Waals surface area contributed by atoms with Crippen LogP contribution >= 0.6 is 0 Å². The van der Waals surface area contributed by atoms with Crippen molar-refractivity contribution in [2.24, 2.45) is 0 Å². The van der Waals surface area contributed by atoms with E-state index in [0.29, 0.717) is 6.42 Å². The maximum absolute atomic E-state index is 12.2. The molecule has 0 aliphatic carbocycles. The third-order valence-electron chi connectivity index (χ3n) is 3.80. The van der Waals surface area contributed by atoms with Crippen molar-refractivity contribution in [2.45, 2.75) is 51.6 Å². The van der Waals surface area contributed by atoms with E-state index in [4.69, 9.17) is 18.9 Å². The highest BCUT2D eigenvalue weighted by molar-refractivity contribution is 5.86. The molecule has 0 spiro atoms. The molecule has 1 aliphatic rings. The number of Topliss-reactive ketones (excluding diaryl/α,β-unsaturated/α-hetero) is 1. The summed E-state index contributed by atoms with van der Waals surface area (Å²) in [6.45, 7) is 4.52. The summed E-state index contributed by atoms with van der Waals surface area (Å²) in [7, 11) is 1.63. The summed E-state index contributed by atoms with van der Waals surface area (Å²) in [4.78, 5) is 23.1. The third-order valence-corrected chi connectivity index (χ3v) is 3.80. The molecule has 132 valence electrons. The van der Waals surface area contributed by atoms with Crippen molar-refractivity contribution in [1.82, 2.24) is 0 Å². The molecule has 0 N–H and O–H groups in total. The van der Waals surface area contributed by atoms with Gasteiger partial charge in [-0.15, -0.1) is 0 Å². The Morgan fingerprint density at radius 3 is 2.42 bits per heavy atom. The van der Waals surface area contributed by atoms with Gasteiger partial charge in [-0.25, -0.2) is 0 Å². The molecule has 0 bridgehead atoms. The Morgan fingerprint density at radius 1 is 1.17 bits per heavy atom. The molecule has 6 nitrogen and oxygen atoms in total. The Hall–Kier alpha value is -1.92. The molecule has 24 heavy (non-hydrogen) atoms. The molecule has 1 aromatic rings. The lowest BCUT2D eigenvalue weighted by Crippen LogP contribution is -2.35. The minimum atomic E-state index is -0.832. The predicted molar refractivity (Wildman–Crippen MR) is 86.8 cm³/mol. The first-order valence-corrected chi connectivity index (χ1v) is 7.95. The second-order valence-corrected chi connectivity index (χ2v) is 6.23. The van der Waals surface area contributed by atoms with Crippen LogP contribution in [-0.2, 0) is 30.2 Å². The van der Waals surface area contributed by atoms with Gasteiger partial charge in [0.25, 0.3) is 0 Å². The van der Waals surface area contributed by atoms with Crippen LogP contribution in [0.5, 0.6) is 5.75 Å². The highest BCUT2D eigenvalue weighted by Gasteiger charge is 2.44. The number of methoxy groups -OCH3 is 1. The topological polar surface area (TPSA) is 71.1 Å². The van der Waals surface area contributed by atoms with Crippen LogP contribution in [0.4, 0.5) is 0 Å². The van der Waals surface area contributed by atoms with E-state index in [9.17, 15) is 9.59 Å². The molecule has 1 heterocycles. The second kappa shape index (κ2) is 7.77. The van der Waals surface area contributed by atoms with Crippen LogP contribution < -0.4 is 4.74 Å². The van der Waals surface area contributed by atoms with E-state index in [1.54, 1.807) is 21.0 Å². The van der Waals surface area contributed by atoms with E-state index >= 15 is 0 Å². The number of ether oxygens (including phenoxy) is 4. The van der Waals surface area contributed by atoms with Crippen LogP contribution in [0.2, 0.25) is 0 Å². The van der Waals surface area contributed by atoms with Gasteiger partial charge in [-0.05, 0) is 44.4 Å². The molecule has 0 unspecified atom stereocenters. The maximum Gasteiger partial charge on any atom is 0.303 e. The van der Waals surface area contributed by atoms with E-state index in [1.807, 2.05) is 24.3 Å². The summed E-state index contributed by atoms with van der Waals surface area (Å²) in [5.41, 5.74) is 1.12. The molecule has 0 radical (unpaired) electrons. The summed E-state index contributed by atoms with van der Waals surface area (Å²) in [5, 5.41) is 0. The van der Waals surface area contributed by atoms with Gasteiger partial charge in [0.1, 0.15) is 11.9 Å². The van der Waals surface area contributed by atoms with Gasteiger partial charge in [-0.1, -0.05) is 12.1 Å². The quantitative estimate of drug-likeness (QED) is 0.712. The third kappa shape index (κ3) is 5.04. The number of ketones is 1. The summed E-state index contributed by atoms with van der Waals surface area (Å²) in [6, 6.07) is 7.76. The Bertz CT molecular complexity index is 578. The largest absolute Gasteiger partial charge is 0.497 e. The highest BCUT2D eigenvalue weighted by atomic mass is 16.8. The van der Waals surface area contributed by atoms with Gasteiger partial charge >= 0.3 is 5.97 Å². The van der Waals surface area contributed by atoms with Crippen molar-refractivity contribution in [3.05, 3.63) is 29.8 Å². The molecule has 1 fully saturated rings. The predicted octanol–water partition coefficient (Wildman–Crippen LogP) is 2.28. The zero-order valence-corrected chi connectivity index (χ0v) is 14.5. The number of aryl methyl sites for hydroxylation is 1. The smallest absolute Gasteiger partial charge is 0.303 e. The molecular formula is C18H24O6. The summed E-state index contributed by atoms with van der Waals surface area (Å²) < 4.78 is 21.5.